The SMILES string of the molecule is CCSc1nnc(SCc2ccc(OCC(F)(F)F)cc2)s1. The zero-order valence-electron chi connectivity index (χ0n) is 11.6. The Hall–Kier alpha value is -0.930. The second-order valence-electron chi connectivity index (χ2n) is 4.10. The van der Waals surface area contributed by atoms with E-state index in [4.69, 9.17) is 0 Å². The molecule has 0 N–H and O–H groups in total. The highest BCUT2D eigenvalue weighted by Crippen LogP contribution is 2.30. The molecule has 3 nitrogen and oxygen atoms in total. The molecule has 2 aromatic rings. The number of hydrogen-bond donors (Lipinski definition) is 0. The molecule has 9 heteroatoms. The Kier molecular flexibility index (Phi) is 6.39. The molecule has 1 aromatic carbocycles. The molecule has 0 saturated heterocycles. The van der Waals surface area contributed by atoms with E-state index in [1.165, 1.54) is 0 Å². The Morgan fingerprint density at radius 3 is 2.32 bits per heavy atom. The van der Waals surface area contributed by atoms with Gasteiger partial charge in [0.05, 0.1) is 0 Å². The third-order valence-corrected chi connectivity index (χ3v) is 5.49. The van der Waals surface area contributed by atoms with Gasteiger partial charge < -0.3 is 4.74 Å². The smallest absolute Gasteiger partial charge is 0.422 e. The summed E-state index contributed by atoms with van der Waals surface area (Å²) in [7, 11) is 0. The van der Waals surface area contributed by atoms with Crippen LogP contribution in [0.5, 0.6) is 5.75 Å². The first-order chi connectivity index (χ1) is 10.5. The molecular weight excluding hydrogens is 353 g/mol. The van der Waals surface area contributed by atoms with Crippen molar-refractivity contribution < 1.29 is 17.9 Å². The molecule has 2 rings (SSSR count). The average Bonchev–Trinajstić information content (AvgIpc) is 2.91. The monoisotopic (exact) mass is 366 g/mol. The second kappa shape index (κ2) is 8.07. The first kappa shape index (κ1) is 17.4. The first-order valence-corrected chi connectivity index (χ1v) is 9.12. The van der Waals surface area contributed by atoms with Crippen molar-refractivity contribution in [3.63, 3.8) is 0 Å². The summed E-state index contributed by atoms with van der Waals surface area (Å²) in [5.41, 5.74) is 0.990. The van der Waals surface area contributed by atoms with Crippen LogP contribution in [0.25, 0.3) is 0 Å². The highest BCUT2D eigenvalue weighted by molar-refractivity contribution is 8.02. The summed E-state index contributed by atoms with van der Waals surface area (Å²) in [4.78, 5) is 0. The molecule has 0 atom stereocenters. The number of aromatic nitrogens is 2. The molecule has 1 heterocycles. The van der Waals surface area contributed by atoms with Crippen molar-refractivity contribution in [1.29, 1.82) is 0 Å². The van der Waals surface area contributed by atoms with E-state index in [-0.39, 0.29) is 5.75 Å². The van der Waals surface area contributed by atoms with E-state index in [1.54, 1.807) is 59.1 Å². The van der Waals surface area contributed by atoms with E-state index in [1.807, 2.05) is 0 Å². The number of thioether (sulfide) groups is 2. The molecule has 0 aliphatic rings. The minimum atomic E-state index is -4.32. The fourth-order valence-corrected chi connectivity index (χ4v) is 4.30. The van der Waals surface area contributed by atoms with Gasteiger partial charge in [-0.3, -0.25) is 0 Å². The Balaban J connectivity index is 1.83. The fraction of sp³-hybridized carbons (Fsp3) is 0.385. The van der Waals surface area contributed by atoms with E-state index in [0.717, 1.165) is 20.0 Å². The molecule has 0 bridgehead atoms. The number of ether oxygens (including phenoxy) is 1. The van der Waals surface area contributed by atoms with Crippen LogP contribution in [-0.4, -0.2) is 28.7 Å². The van der Waals surface area contributed by atoms with E-state index in [2.05, 4.69) is 21.9 Å². The number of halogens is 3. The maximum Gasteiger partial charge on any atom is 0.422 e. The molecule has 1 aromatic heterocycles. The van der Waals surface area contributed by atoms with Gasteiger partial charge in [-0.15, -0.1) is 10.2 Å². The summed E-state index contributed by atoms with van der Waals surface area (Å²) in [6.07, 6.45) is -4.32. The summed E-state index contributed by atoms with van der Waals surface area (Å²) in [6.45, 7) is 0.783. The van der Waals surface area contributed by atoms with Crippen molar-refractivity contribution in [2.45, 2.75) is 27.5 Å². The third-order valence-electron chi connectivity index (χ3n) is 2.34. The number of nitrogens with zero attached hydrogens (tertiary/aromatic N) is 2. The maximum absolute atomic E-state index is 12.0. The quantitative estimate of drug-likeness (QED) is 0.652. The van der Waals surface area contributed by atoms with Crippen molar-refractivity contribution >= 4 is 34.9 Å². The molecule has 0 unspecified atom stereocenters. The first-order valence-electron chi connectivity index (χ1n) is 6.34. The zero-order chi connectivity index (χ0) is 16.0. The van der Waals surface area contributed by atoms with Crippen molar-refractivity contribution in [3.8, 4) is 5.75 Å². The fourth-order valence-electron chi connectivity index (χ4n) is 1.43. The van der Waals surface area contributed by atoms with Crippen LogP contribution in [0, 0.1) is 0 Å². The Morgan fingerprint density at radius 2 is 1.73 bits per heavy atom. The Morgan fingerprint density at radius 1 is 1.09 bits per heavy atom. The molecule has 0 spiro atoms. The molecular formula is C13H13F3N2OS3. The van der Waals surface area contributed by atoms with Crippen molar-refractivity contribution in [2.24, 2.45) is 0 Å². The molecule has 0 amide bonds. The standard InChI is InChI=1S/C13H13F3N2OS3/c1-2-20-11-17-18-12(22-11)21-7-9-3-5-10(6-4-9)19-8-13(14,15)16/h3-6H,2,7-8H2,1H3. The Labute approximate surface area is 138 Å². The summed E-state index contributed by atoms with van der Waals surface area (Å²) in [5.74, 6) is 1.85. The van der Waals surface area contributed by atoms with Crippen LogP contribution in [0.4, 0.5) is 13.2 Å². The lowest BCUT2D eigenvalue weighted by atomic mass is 10.2. The molecule has 22 heavy (non-hydrogen) atoms. The van der Waals surface area contributed by atoms with E-state index in [9.17, 15) is 13.2 Å². The topological polar surface area (TPSA) is 35.0 Å². The number of rotatable bonds is 7. The molecule has 0 radical (unpaired) electrons. The predicted molar refractivity (Wildman–Crippen MR) is 83.9 cm³/mol. The van der Waals surface area contributed by atoms with Gasteiger partial charge in [-0.05, 0) is 23.4 Å². The minimum Gasteiger partial charge on any atom is -0.484 e. The molecule has 0 aliphatic heterocycles. The highest BCUT2D eigenvalue weighted by atomic mass is 32.2. The normalized spacial score (nSPS) is 11.6. The lowest BCUT2D eigenvalue weighted by Crippen LogP contribution is -2.19. The van der Waals surface area contributed by atoms with Crippen molar-refractivity contribution in [3.05, 3.63) is 29.8 Å². The van der Waals surface area contributed by atoms with Crippen LogP contribution in [-0.2, 0) is 5.75 Å². The largest absolute Gasteiger partial charge is 0.484 e. The minimum absolute atomic E-state index is 0.212. The summed E-state index contributed by atoms with van der Waals surface area (Å²) < 4.78 is 42.6. The lowest BCUT2D eigenvalue weighted by Gasteiger charge is -2.09. The van der Waals surface area contributed by atoms with Crippen LogP contribution < -0.4 is 4.74 Å². The van der Waals surface area contributed by atoms with Crippen LogP contribution in [0.3, 0.4) is 0 Å². The zero-order valence-corrected chi connectivity index (χ0v) is 14.0. The van der Waals surface area contributed by atoms with Gasteiger partial charge in [0.25, 0.3) is 0 Å². The second-order valence-corrected chi connectivity index (χ2v) is 7.81. The van der Waals surface area contributed by atoms with Gasteiger partial charge in [0.1, 0.15) is 5.75 Å². The predicted octanol–water partition coefficient (Wildman–Crippen LogP) is 4.88. The lowest BCUT2D eigenvalue weighted by molar-refractivity contribution is -0.153. The molecule has 0 fully saturated rings. The number of benzene rings is 1. The van der Waals surface area contributed by atoms with Crippen molar-refractivity contribution in [1.82, 2.24) is 10.2 Å². The summed E-state index contributed by atoms with van der Waals surface area (Å²) >= 11 is 4.75. The Bertz CT molecular complexity index is 587. The summed E-state index contributed by atoms with van der Waals surface area (Å²) in [5, 5.41) is 8.15. The van der Waals surface area contributed by atoms with Crippen LogP contribution in [0.15, 0.2) is 32.9 Å². The van der Waals surface area contributed by atoms with Gasteiger partial charge in [-0.1, -0.05) is 53.9 Å². The maximum atomic E-state index is 12.0. The third kappa shape index (κ3) is 6.05. The van der Waals surface area contributed by atoms with Gasteiger partial charge >= 0.3 is 6.18 Å². The highest BCUT2D eigenvalue weighted by Gasteiger charge is 2.28. The molecule has 0 saturated carbocycles. The van der Waals surface area contributed by atoms with Gasteiger partial charge in [-0.2, -0.15) is 13.2 Å². The van der Waals surface area contributed by atoms with E-state index < -0.39 is 12.8 Å². The van der Waals surface area contributed by atoms with Gasteiger partial charge in [-0.25, -0.2) is 0 Å². The van der Waals surface area contributed by atoms with Gasteiger partial charge in [0.2, 0.25) is 0 Å². The molecule has 120 valence electrons. The molecule has 0 aliphatic carbocycles. The average molecular weight is 366 g/mol. The number of alkyl halides is 3. The van der Waals surface area contributed by atoms with Crippen molar-refractivity contribution in [2.75, 3.05) is 12.4 Å². The van der Waals surface area contributed by atoms with Crippen LogP contribution in [0.1, 0.15) is 12.5 Å². The van der Waals surface area contributed by atoms with E-state index >= 15 is 0 Å². The number of hydrogen-bond acceptors (Lipinski definition) is 6. The summed E-state index contributed by atoms with van der Waals surface area (Å²) in [6, 6.07) is 6.59. The van der Waals surface area contributed by atoms with Crippen LogP contribution >= 0.6 is 34.9 Å². The van der Waals surface area contributed by atoms with Gasteiger partial charge in [0, 0.05) is 5.75 Å². The van der Waals surface area contributed by atoms with E-state index in [0.29, 0.717) is 5.75 Å². The van der Waals surface area contributed by atoms with Crippen LogP contribution in [0.2, 0.25) is 0 Å². The van der Waals surface area contributed by atoms with Gasteiger partial charge in [0.15, 0.2) is 15.3 Å².